The van der Waals surface area contributed by atoms with Crippen molar-refractivity contribution in [3.8, 4) is 0 Å². The second kappa shape index (κ2) is 4.37. The zero-order chi connectivity index (χ0) is 12.6. The Morgan fingerprint density at radius 3 is 2.76 bits per heavy atom. The van der Waals surface area contributed by atoms with E-state index in [1.807, 2.05) is 39.0 Å². The number of hydrogen-bond acceptors (Lipinski definition) is 3. The fourth-order valence-corrected chi connectivity index (χ4v) is 2.39. The monoisotopic (exact) mass is 234 g/mol. The molecule has 1 aliphatic heterocycles. The van der Waals surface area contributed by atoms with Crippen molar-refractivity contribution in [2.75, 3.05) is 10.2 Å². The number of rotatable bonds is 2. The van der Waals surface area contributed by atoms with Gasteiger partial charge in [0.05, 0.1) is 18.0 Å². The second-order valence-electron chi connectivity index (χ2n) is 4.64. The lowest BCUT2D eigenvalue weighted by Gasteiger charge is -2.40. The highest BCUT2D eigenvalue weighted by Crippen LogP contribution is 2.36. The Hall–Kier alpha value is -1.55. The highest BCUT2D eigenvalue weighted by Gasteiger charge is 2.32. The van der Waals surface area contributed by atoms with E-state index in [2.05, 4.69) is 10.2 Å². The number of aliphatic hydroxyl groups is 1. The van der Waals surface area contributed by atoms with Gasteiger partial charge in [0, 0.05) is 11.6 Å². The van der Waals surface area contributed by atoms with Crippen molar-refractivity contribution < 1.29 is 9.90 Å². The van der Waals surface area contributed by atoms with E-state index in [-0.39, 0.29) is 24.6 Å². The number of anilines is 2. The van der Waals surface area contributed by atoms with Gasteiger partial charge >= 0.3 is 0 Å². The summed E-state index contributed by atoms with van der Waals surface area (Å²) >= 11 is 0. The number of carbonyl (C=O) groups is 1. The number of aliphatic hydroxyl groups excluding tert-OH is 1. The predicted molar refractivity (Wildman–Crippen MR) is 68.1 cm³/mol. The van der Waals surface area contributed by atoms with Gasteiger partial charge in [-0.2, -0.15) is 0 Å². The zero-order valence-corrected chi connectivity index (χ0v) is 10.4. The molecule has 2 N–H and O–H groups in total. The number of nitrogens with zero attached hydrogens (tertiary/aromatic N) is 1. The van der Waals surface area contributed by atoms with Gasteiger partial charge in [-0.15, -0.1) is 0 Å². The largest absolute Gasteiger partial charge is 0.392 e. The van der Waals surface area contributed by atoms with Crippen molar-refractivity contribution in [3.63, 3.8) is 0 Å². The molecule has 4 nitrogen and oxygen atoms in total. The summed E-state index contributed by atoms with van der Waals surface area (Å²) in [6, 6.07) is 5.60. The third kappa shape index (κ3) is 1.89. The molecule has 0 aromatic heterocycles. The van der Waals surface area contributed by atoms with Crippen LogP contribution in [0.4, 0.5) is 11.4 Å². The molecule has 1 aromatic rings. The molecule has 1 heterocycles. The highest BCUT2D eigenvalue weighted by atomic mass is 16.3. The smallest absolute Gasteiger partial charge is 0.246 e. The van der Waals surface area contributed by atoms with Gasteiger partial charge in [-0.05, 0) is 26.8 Å². The number of benzene rings is 1. The summed E-state index contributed by atoms with van der Waals surface area (Å²) in [5.74, 6) is 0.00119. The van der Waals surface area contributed by atoms with Crippen molar-refractivity contribution in [1.82, 2.24) is 0 Å². The fourth-order valence-electron chi connectivity index (χ4n) is 2.39. The molecule has 0 bridgehead atoms. The average molecular weight is 234 g/mol. The first-order valence-electron chi connectivity index (χ1n) is 5.88. The summed E-state index contributed by atoms with van der Waals surface area (Å²) in [4.78, 5) is 13.9. The van der Waals surface area contributed by atoms with Crippen LogP contribution in [0.3, 0.4) is 0 Å². The van der Waals surface area contributed by atoms with Crippen LogP contribution in [0, 0.1) is 0 Å². The van der Waals surface area contributed by atoms with E-state index in [0.29, 0.717) is 0 Å². The summed E-state index contributed by atoms with van der Waals surface area (Å²) in [5.41, 5.74) is 2.58. The lowest BCUT2D eigenvalue weighted by atomic mass is 10.0. The van der Waals surface area contributed by atoms with Gasteiger partial charge < -0.3 is 15.3 Å². The van der Waals surface area contributed by atoms with Crippen LogP contribution in [0.1, 0.15) is 26.3 Å². The predicted octanol–water partition coefficient (Wildman–Crippen LogP) is 1.73. The molecule has 1 aliphatic rings. The molecule has 1 atom stereocenters. The molecule has 0 radical (unpaired) electrons. The van der Waals surface area contributed by atoms with Crippen LogP contribution in [-0.4, -0.2) is 23.1 Å². The molecule has 1 amide bonds. The molecule has 2 rings (SSSR count). The van der Waals surface area contributed by atoms with E-state index in [9.17, 15) is 9.90 Å². The van der Waals surface area contributed by atoms with Crippen molar-refractivity contribution in [2.24, 2.45) is 0 Å². The fraction of sp³-hybridized carbons (Fsp3) is 0.462. The van der Waals surface area contributed by atoms with Crippen molar-refractivity contribution in [1.29, 1.82) is 0 Å². The van der Waals surface area contributed by atoms with Gasteiger partial charge in [-0.25, -0.2) is 0 Å². The maximum atomic E-state index is 11.9. The van der Waals surface area contributed by atoms with Crippen LogP contribution in [0.2, 0.25) is 0 Å². The number of hydrogen-bond donors (Lipinski definition) is 2. The zero-order valence-electron chi connectivity index (χ0n) is 10.4. The van der Waals surface area contributed by atoms with Gasteiger partial charge in [-0.3, -0.25) is 4.79 Å². The maximum Gasteiger partial charge on any atom is 0.246 e. The van der Waals surface area contributed by atoms with Gasteiger partial charge in [0.1, 0.15) is 6.04 Å². The number of para-hydroxylation sites is 1. The molecule has 0 saturated heterocycles. The molecular weight excluding hydrogens is 216 g/mol. The normalized spacial score (nSPS) is 19.2. The molecule has 0 spiro atoms. The first kappa shape index (κ1) is 11.9. The standard InChI is InChI=1S/C13H18N2O2/c1-8(2)15-9(3)13(17)14-11-6-4-5-10(7-16)12(11)15/h4-6,8-9,16H,7H2,1-3H3,(H,14,17). The minimum Gasteiger partial charge on any atom is -0.392 e. The third-order valence-corrected chi connectivity index (χ3v) is 3.16. The molecule has 0 fully saturated rings. The van der Waals surface area contributed by atoms with Gasteiger partial charge in [0.15, 0.2) is 0 Å². The molecule has 92 valence electrons. The molecule has 4 heteroatoms. The Morgan fingerprint density at radius 2 is 2.18 bits per heavy atom. The Kier molecular flexibility index (Phi) is 3.07. The van der Waals surface area contributed by atoms with E-state index in [1.54, 1.807) is 0 Å². The Labute approximate surface area is 101 Å². The van der Waals surface area contributed by atoms with Crippen LogP contribution in [0.5, 0.6) is 0 Å². The van der Waals surface area contributed by atoms with E-state index in [0.717, 1.165) is 16.9 Å². The van der Waals surface area contributed by atoms with Crippen LogP contribution in [0.15, 0.2) is 18.2 Å². The van der Waals surface area contributed by atoms with Crippen LogP contribution in [0.25, 0.3) is 0 Å². The lowest BCUT2D eigenvalue weighted by molar-refractivity contribution is -0.117. The van der Waals surface area contributed by atoms with Crippen LogP contribution < -0.4 is 10.2 Å². The number of amides is 1. The van der Waals surface area contributed by atoms with Crippen molar-refractivity contribution >= 4 is 17.3 Å². The molecule has 1 unspecified atom stereocenters. The van der Waals surface area contributed by atoms with Crippen molar-refractivity contribution in [3.05, 3.63) is 23.8 Å². The summed E-state index contributed by atoms with van der Waals surface area (Å²) in [7, 11) is 0. The molecule has 1 aromatic carbocycles. The second-order valence-corrected chi connectivity index (χ2v) is 4.64. The van der Waals surface area contributed by atoms with Gasteiger partial charge in [-0.1, -0.05) is 12.1 Å². The minimum absolute atomic E-state index is 0.00119. The average Bonchev–Trinajstić information content (AvgIpc) is 2.29. The third-order valence-electron chi connectivity index (χ3n) is 3.16. The number of nitrogens with one attached hydrogen (secondary N) is 1. The lowest BCUT2D eigenvalue weighted by Crippen LogP contribution is -2.50. The van der Waals surface area contributed by atoms with E-state index in [1.165, 1.54) is 0 Å². The Bertz CT molecular complexity index is 443. The molecule has 0 aliphatic carbocycles. The quantitative estimate of drug-likeness (QED) is 0.819. The highest BCUT2D eigenvalue weighted by molar-refractivity contribution is 6.04. The first-order valence-corrected chi connectivity index (χ1v) is 5.88. The molecular formula is C13H18N2O2. The van der Waals surface area contributed by atoms with Crippen LogP contribution >= 0.6 is 0 Å². The van der Waals surface area contributed by atoms with E-state index < -0.39 is 0 Å². The Morgan fingerprint density at radius 1 is 1.47 bits per heavy atom. The van der Waals surface area contributed by atoms with Gasteiger partial charge in [0.25, 0.3) is 0 Å². The Balaban J connectivity index is 2.59. The van der Waals surface area contributed by atoms with E-state index in [4.69, 9.17) is 0 Å². The maximum absolute atomic E-state index is 11.9. The first-order chi connectivity index (χ1) is 8.06. The minimum atomic E-state index is -0.213. The molecule has 0 saturated carbocycles. The summed E-state index contributed by atoms with van der Waals surface area (Å²) in [6.45, 7) is 5.96. The summed E-state index contributed by atoms with van der Waals surface area (Å²) in [5, 5.41) is 12.3. The number of carbonyl (C=O) groups excluding carboxylic acids is 1. The molecule has 17 heavy (non-hydrogen) atoms. The van der Waals surface area contributed by atoms with Gasteiger partial charge in [0.2, 0.25) is 5.91 Å². The number of fused-ring (bicyclic) bond motifs is 1. The summed E-state index contributed by atoms with van der Waals surface area (Å²) in [6.07, 6.45) is 0. The van der Waals surface area contributed by atoms with Crippen molar-refractivity contribution in [2.45, 2.75) is 39.5 Å². The van der Waals surface area contributed by atoms with E-state index >= 15 is 0 Å². The summed E-state index contributed by atoms with van der Waals surface area (Å²) < 4.78 is 0. The van der Waals surface area contributed by atoms with Crippen LogP contribution in [-0.2, 0) is 11.4 Å². The topological polar surface area (TPSA) is 52.6 Å². The SMILES string of the molecule is CC(C)N1c2c(CO)cccc2NC(=O)C1C.